The zero-order valence-corrected chi connectivity index (χ0v) is 17.3. The summed E-state index contributed by atoms with van der Waals surface area (Å²) in [5.41, 5.74) is 6.42. The molecule has 10 nitrogen and oxygen atoms in total. The SMILES string of the molecule is C=C(C#N)C(=O)N(CCNc1ncnc(N)c1C(=N)c1ccc(F)c(O)c1)c1cccnc1. The van der Waals surface area contributed by atoms with E-state index in [9.17, 15) is 14.3 Å². The molecule has 0 aliphatic rings. The second kappa shape index (κ2) is 9.97. The third-order valence-electron chi connectivity index (χ3n) is 4.59. The number of carbonyl (C=O) groups excluding carboxylic acids is 1. The highest BCUT2D eigenvalue weighted by atomic mass is 19.1. The van der Waals surface area contributed by atoms with Crippen molar-refractivity contribution in [2.24, 2.45) is 0 Å². The van der Waals surface area contributed by atoms with Crippen LogP contribution in [0, 0.1) is 22.6 Å². The maximum absolute atomic E-state index is 13.4. The van der Waals surface area contributed by atoms with Crippen LogP contribution in [0.1, 0.15) is 11.1 Å². The molecule has 2 aromatic heterocycles. The molecule has 0 unspecified atom stereocenters. The topological polar surface area (TPSA) is 165 Å². The third kappa shape index (κ3) is 5.08. The lowest BCUT2D eigenvalue weighted by molar-refractivity contribution is -0.114. The van der Waals surface area contributed by atoms with Gasteiger partial charge in [-0.05, 0) is 30.3 Å². The van der Waals surface area contributed by atoms with Crippen molar-refractivity contribution in [1.29, 1.82) is 10.7 Å². The van der Waals surface area contributed by atoms with E-state index >= 15 is 0 Å². The summed E-state index contributed by atoms with van der Waals surface area (Å²) < 4.78 is 13.4. The van der Waals surface area contributed by atoms with Crippen molar-refractivity contribution in [3.05, 3.63) is 78.1 Å². The van der Waals surface area contributed by atoms with Crippen LogP contribution in [0.4, 0.5) is 21.7 Å². The molecule has 0 radical (unpaired) electrons. The Morgan fingerprint density at radius 2 is 2.15 bits per heavy atom. The Morgan fingerprint density at radius 1 is 1.36 bits per heavy atom. The van der Waals surface area contributed by atoms with Crippen molar-refractivity contribution in [3.8, 4) is 11.8 Å². The number of anilines is 3. The van der Waals surface area contributed by atoms with Gasteiger partial charge in [0.25, 0.3) is 5.91 Å². The van der Waals surface area contributed by atoms with Gasteiger partial charge in [-0.2, -0.15) is 5.26 Å². The van der Waals surface area contributed by atoms with Crippen LogP contribution in [0.3, 0.4) is 0 Å². The zero-order valence-electron chi connectivity index (χ0n) is 17.3. The summed E-state index contributed by atoms with van der Waals surface area (Å²) in [6, 6.07) is 8.52. The molecule has 3 rings (SSSR count). The second-order valence-corrected chi connectivity index (χ2v) is 6.71. The Bertz CT molecular complexity index is 1260. The number of rotatable bonds is 8. The normalized spacial score (nSPS) is 10.2. The number of benzene rings is 1. The highest BCUT2D eigenvalue weighted by Gasteiger charge is 2.20. The average molecular weight is 446 g/mol. The first-order valence-electron chi connectivity index (χ1n) is 9.56. The Kier molecular flexibility index (Phi) is 6.90. The van der Waals surface area contributed by atoms with Gasteiger partial charge in [0.05, 0.1) is 23.2 Å². The molecule has 33 heavy (non-hydrogen) atoms. The molecule has 5 N–H and O–H groups in total. The molecule has 166 valence electrons. The Labute approximate surface area is 188 Å². The van der Waals surface area contributed by atoms with Crippen molar-refractivity contribution >= 4 is 28.9 Å². The monoisotopic (exact) mass is 446 g/mol. The van der Waals surface area contributed by atoms with Crippen molar-refractivity contribution in [2.75, 3.05) is 29.0 Å². The molecular formula is C22H19FN8O2. The van der Waals surface area contributed by atoms with Crippen LogP contribution >= 0.6 is 0 Å². The lowest BCUT2D eigenvalue weighted by atomic mass is 10.0. The summed E-state index contributed by atoms with van der Waals surface area (Å²) in [5.74, 6) is -1.80. The van der Waals surface area contributed by atoms with E-state index in [0.29, 0.717) is 5.69 Å². The molecule has 3 aromatic rings. The number of phenolic OH excluding ortho intramolecular Hbond substituents is 1. The molecular weight excluding hydrogens is 427 g/mol. The van der Waals surface area contributed by atoms with Crippen molar-refractivity contribution < 1.29 is 14.3 Å². The van der Waals surface area contributed by atoms with Gasteiger partial charge in [-0.1, -0.05) is 6.58 Å². The molecule has 1 amide bonds. The summed E-state index contributed by atoms with van der Waals surface area (Å²) in [7, 11) is 0. The minimum atomic E-state index is -0.818. The van der Waals surface area contributed by atoms with Gasteiger partial charge in [0.1, 0.15) is 29.6 Å². The van der Waals surface area contributed by atoms with Gasteiger partial charge in [0, 0.05) is 24.8 Å². The summed E-state index contributed by atoms with van der Waals surface area (Å²) >= 11 is 0. The van der Waals surface area contributed by atoms with Crippen LogP contribution < -0.4 is 16.0 Å². The van der Waals surface area contributed by atoms with Gasteiger partial charge in [-0.3, -0.25) is 15.2 Å². The summed E-state index contributed by atoms with van der Waals surface area (Å²) in [5, 5.41) is 30.2. The van der Waals surface area contributed by atoms with Crippen LogP contribution in [-0.4, -0.2) is 44.8 Å². The number of pyridine rings is 1. The third-order valence-corrected chi connectivity index (χ3v) is 4.59. The quantitative estimate of drug-likeness (QED) is 0.232. The lowest BCUT2D eigenvalue weighted by Crippen LogP contribution is -2.36. The van der Waals surface area contributed by atoms with Gasteiger partial charge >= 0.3 is 0 Å². The number of nitrogens with zero attached hydrogens (tertiary/aromatic N) is 5. The maximum atomic E-state index is 13.4. The molecule has 0 saturated carbocycles. The fourth-order valence-corrected chi connectivity index (χ4v) is 2.95. The molecule has 1 aromatic carbocycles. The van der Waals surface area contributed by atoms with E-state index in [4.69, 9.17) is 16.4 Å². The zero-order chi connectivity index (χ0) is 24.0. The number of nitriles is 1. The van der Waals surface area contributed by atoms with E-state index in [1.54, 1.807) is 24.4 Å². The van der Waals surface area contributed by atoms with Crippen molar-refractivity contribution in [3.63, 3.8) is 0 Å². The summed E-state index contributed by atoms with van der Waals surface area (Å²) in [6.07, 6.45) is 4.24. The number of halogens is 1. The van der Waals surface area contributed by atoms with E-state index < -0.39 is 17.5 Å². The van der Waals surface area contributed by atoms with E-state index in [1.165, 1.54) is 23.5 Å². The van der Waals surface area contributed by atoms with Gasteiger partial charge in [-0.25, -0.2) is 14.4 Å². The number of hydrogen-bond acceptors (Lipinski definition) is 9. The predicted molar refractivity (Wildman–Crippen MR) is 120 cm³/mol. The van der Waals surface area contributed by atoms with Crippen LogP contribution in [-0.2, 0) is 4.79 Å². The number of nitrogen functional groups attached to an aromatic ring is 1. The smallest absolute Gasteiger partial charge is 0.268 e. The molecule has 0 spiro atoms. The standard InChI is InChI=1S/C22H19FN8O2/c1-13(10-24)22(33)31(15-3-2-6-27-11-15)8-7-28-21-18(20(26)29-12-30-21)19(25)14-4-5-16(23)17(32)9-14/h2-6,9,11-12,25,32H,1,7-8H2,(H3,26,28,29,30). The fraction of sp³-hybridized carbons (Fsp3) is 0.0909. The minimum Gasteiger partial charge on any atom is -0.505 e. The molecule has 11 heteroatoms. The number of nitrogens with two attached hydrogens (primary N) is 1. The van der Waals surface area contributed by atoms with E-state index in [0.717, 1.165) is 12.1 Å². The Balaban J connectivity index is 1.84. The number of aromatic nitrogens is 3. The number of hydrogen-bond donors (Lipinski definition) is 4. The van der Waals surface area contributed by atoms with Gasteiger partial charge in [0.15, 0.2) is 11.6 Å². The second-order valence-electron chi connectivity index (χ2n) is 6.71. The highest BCUT2D eigenvalue weighted by Crippen LogP contribution is 2.24. The fourth-order valence-electron chi connectivity index (χ4n) is 2.95. The van der Waals surface area contributed by atoms with Gasteiger partial charge in [0.2, 0.25) is 0 Å². The highest BCUT2D eigenvalue weighted by molar-refractivity contribution is 6.16. The molecule has 0 bridgehead atoms. The van der Waals surface area contributed by atoms with E-state index in [-0.39, 0.29) is 47.1 Å². The summed E-state index contributed by atoms with van der Waals surface area (Å²) in [4.78, 5) is 26.0. The molecule has 0 saturated heterocycles. The van der Waals surface area contributed by atoms with E-state index in [1.807, 2.05) is 0 Å². The minimum absolute atomic E-state index is 0.000588. The predicted octanol–water partition coefficient (Wildman–Crippen LogP) is 2.24. The van der Waals surface area contributed by atoms with Gasteiger partial charge < -0.3 is 21.1 Å². The number of carbonyl (C=O) groups is 1. The largest absolute Gasteiger partial charge is 0.505 e. The first kappa shape index (κ1) is 22.8. The first-order valence-corrected chi connectivity index (χ1v) is 9.56. The van der Waals surface area contributed by atoms with Crippen LogP contribution in [0.25, 0.3) is 0 Å². The number of phenols is 1. The summed E-state index contributed by atoms with van der Waals surface area (Å²) in [6.45, 7) is 3.74. The van der Waals surface area contributed by atoms with Crippen LogP contribution in [0.15, 0.2) is 61.2 Å². The Hall–Kier alpha value is -4.85. The maximum Gasteiger partial charge on any atom is 0.268 e. The average Bonchev–Trinajstić information content (AvgIpc) is 2.83. The van der Waals surface area contributed by atoms with Crippen LogP contribution in [0.2, 0.25) is 0 Å². The molecule has 0 atom stereocenters. The molecule has 0 fully saturated rings. The number of nitrogens with one attached hydrogen (secondary N) is 2. The molecule has 0 aliphatic carbocycles. The van der Waals surface area contributed by atoms with E-state index in [2.05, 4.69) is 26.8 Å². The lowest BCUT2D eigenvalue weighted by Gasteiger charge is -2.22. The Morgan fingerprint density at radius 3 is 2.82 bits per heavy atom. The van der Waals surface area contributed by atoms with Crippen LogP contribution in [0.5, 0.6) is 5.75 Å². The van der Waals surface area contributed by atoms with Gasteiger partial charge in [-0.15, -0.1) is 0 Å². The molecule has 0 aliphatic heterocycles. The number of aromatic hydroxyl groups is 1. The van der Waals surface area contributed by atoms with Crippen molar-refractivity contribution in [1.82, 2.24) is 15.0 Å². The van der Waals surface area contributed by atoms with Crippen molar-refractivity contribution in [2.45, 2.75) is 0 Å². The first-order chi connectivity index (χ1) is 15.8. The number of amides is 1. The molecule has 2 heterocycles.